The summed E-state index contributed by atoms with van der Waals surface area (Å²) in [5.41, 5.74) is 0. The number of hydrogen-bond donors (Lipinski definition) is 8. The zero-order valence-corrected chi connectivity index (χ0v) is 13.1. The summed E-state index contributed by atoms with van der Waals surface area (Å²) in [6.07, 6.45) is -11.2. The van der Waals surface area contributed by atoms with E-state index in [9.17, 15) is 39.9 Å². The van der Waals surface area contributed by atoms with E-state index in [0.717, 1.165) is 6.92 Å². The number of aliphatic hydroxyl groups excluding tert-OH is 5. The Morgan fingerprint density at radius 1 is 1.28 bits per heavy atom. The summed E-state index contributed by atoms with van der Waals surface area (Å²) in [6, 6.07) is -1.46. The van der Waals surface area contributed by atoms with Gasteiger partial charge >= 0.3 is 5.97 Å². The van der Waals surface area contributed by atoms with Crippen LogP contribution in [-0.2, 0) is 19.1 Å². The first-order valence-electron chi connectivity index (χ1n) is 7.21. The zero-order chi connectivity index (χ0) is 19.5. The Morgan fingerprint density at radius 2 is 1.84 bits per heavy atom. The van der Waals surface area contributed by atoms with Gasteiger partial charge in [-0.25, -0.2) is 4.79 Å². The maximum atomic E-state index is 11.2. The van der Waals surface area contributed by atoms with E-state index in [1.165, 1.54) is 0 Å². The molecule has 8 N–H and O–H groups in total. The maximum absolute atomic E-state index is 11.2. The smallest absolute Gasteiger partial charge is 0.364 e. The highest BCUT2D eigenvalue weighted by Gasteiger charge is 2.54. The van der Waals surface area contributed by atoms with Crippen LogP contribution >= 0.6 is 0 Å². The normalized spacial score (nSPS) is 33.2. The SMILES string of the molecule is CC(=O)N[C@@H]1[C@@H](O)CC(O)(C(=O)O)O[C@H]1C(O)C(O)C(O)C(=O)CO. The summed E-state index contributed by atoms with van der Waals surface area (Å²) in [5, 5.41) is 69.3. The molecule has 1 aliphatic rings. The van der Waals surface area contributed by atoms with E-state index < -0.39 is 73.0 Å². The Labute approximate surface area is 141 Å². The minimum Gasteiger partial charge on any atom is -0.477 e. The molecule has 0 aliphatic carbocycles. The van der Waals surface area contributed by atoms with Crippen LogP contribution in [0, 0.1) is 0 Å². The lowest BCUT2D eigenvalue weighted by atomic mass is 9.87. The standard InChI is InChI=1S/C13H21NO11/c1-4(16)14-7-5(17)2-13(24,12(22)23)25-11(7)10(21)9(20)8(19)6(18)3-15/h5,7-11,15,17,19-21,24H,2-3H2,1H3,(H,14,16)(H,22,23)/t5-,7+,8?,9?,10?,11+,13?/m0/s1. The highest BCUT2D eigenvalue weighted by Crippen LogP contribution is 2.31. The van der Waals surface area contributed by atoms with Gasteiger partial charge in [-0.15, -0.1) is 0 Å². The van der Waals surface area contributed by atoms with Crippen molar-refractivity contribution in [1.82, 2.24) is 5.32 Å². The Kier molecular flexibility index (Phi) is 6.96. The molecule has 0 aromatic rings. The molecule has 0 spiro atoms. The number of nitrogens with one attached hydrogen (secondary N) is 1. The molecule has 1 rings (SSSR count). The molecular formula is C13H21NO11. The van der Waals surface area contributed by atoms with Crippen molar-refractivity contribution in [2.24, 2.45) is 0 Å². The number of rotatable bonds is 7. The third-order valence-electron chi connectivity index (χ3n) is 3.79. The van der Waals surface area contributed by atoms with Crippen LogP contribution in [0.15, 0.2) is 0 Å². The number of Topliss-reactive ketones (excluding diaryl/α,β-unsaturated/α-hetero) is 1. The van der Waals surface area contributed by atoms with E-state index in [1.807, 2.05) is 0 Å². The van der Waals surface area contributed by atoms with E-state index in [1.54, 1.807) is 0 Å². The number of amides is 1. The van der Waals surface area contributed by atoms with Gasteiger partial charge in [-0.3, -0.25) is 9.59 Å². The number of carboxylic acids is 1. The van der Waals surface area contributed by atoms with Crippen LogP contribution < -0.4 is 5.32 Å². The van der Waals surface area contributed by atoms with Gasteiger partial charge < -0.3 is 45.8 Å². The number of carbonyl (C=O) groups is 3. The van der Waals surface area contributed by atoms with Crippen molar-refractivity contribution in [2.45, 2.75) is 55.7 Å². The molecule has 0 radical (unpaired) electrons. The van der Waals surface area contributed by atoms with Gasteiger partial charge in [-0.2, -0.15) is 0 Å². The van der Waals surface area contributed by atoms with Crippen LogP contribution in [0.5, 0.6) is 0 Å². The summed E-state index contributed by atoms with van der Waals surface area (Å²) in [7, 11) is 0. The molecule has 0 saturated carbocycles. The monoisotopic (exact) mass is 367 g/mol. The van der Waals surface area contributed by atoms with Gasteiger partial charge in [-0.1, -0.05) is 0 Å². The Balaban J connectivity index is 3.14. The zero-order valence-electron chi connectivity index (χ0n) is 13.1. The first-order chi connectivity index (χ1) is 11.4. The highest BCUT2D eigenvalue weighted by molar-refractivity contribution is 5.84. The lowest BCUT2D eigenvalue weighted by Crippen LogP contribution is -2.68. The lowest BCUT2D eigenvalue weighted by Gasteiger charge is -2.45. The average molecular weight is 367 g/mol. The van der Waals surface area contributed by atoms with Gasteiger partial charge in [0.2, 0.25) is 5.91 Å². The molecule has 1 amide bonds. The third-order valence-corrected chi connectivity index (χ3v) is 3.79. The Bertz CT molecular complexity index is 526. The first-order valence-corrected chi connectivity index (χ1v) is 7.21. The molecule has 7 atom stereocenters. The van der Waals surface area contributed by atoms with Crippen molar-refractivity contribution in [3.8, 4) is 0 Å². The fraction of sp³-hybridized carbons (Fsp3) is 0.769. The van der Waals surface area contributed by atoms with Crippen LogP contribution in [0.4, 0.5) is 0 Å². The highest BCUT2D eigenvalue weighted by atomic mass is 16.7. The molecule has 4 unspecified atom stereocenters. The maximum Gasteiger partial charge on any atom is 0.364 e. The number of hydrogen-bond acceptors (Lipinski definition) is 10. The van der Waals surface area contributed by atoms with Crippen LogP contribution in [0.25, 0.3) is 0 Å². The van der Waals surface area contributed by atoms with Gasteiger partial charge in [0.15, 0.2) is 5.78 Å². The number of ether oxygens (including phenoxy) is 1. The summed E-state index contributed by atoms with van der Waals surface area (Å²) in [6.45, 7) is -0.0952. The second-order valence-corrected chi connectivity index (χ2v) is 5.72. The molecule has 0 bridgehead atoms. The van der Waals surface area contributed by atoms with E-state index in [-0.39, 0.29) is 0 Å². The second-order valence-electron chi connectivity index (χ2n) is 5.72. The van der Waals surface area contributed by atoms with Gasteiger partial charge in [-0.05, 0) is 0 Å². The van der Waals surface area contributed by atoms with Crippen molar-refractivity contribution in [1.29, 1.82) is 0 Å². The summed E-state index contributed by atoms with van der Waals surface area (Å²) in [4.78, 5) is 33.6. The summed E-state index contributed by atoms with van der Waals surface area (Å²) in [5.74, 6) is -6.78. The van der Waals surface area contributed by atoms with E-state index in [4.69, 9.17) is 14.9 Å². The van der Waals surface area contributed by atoms with Gasteiger partial charge in [0.25, 0.3) is 5.79 Å². The minimum absolute atomic E-state index is 0.702. The molecule has 1 aliphatic heterocycles. The van der Waals surface area contributed by atoms with E-state index in [2.05, 4.69) is 5.32 Å². The molecule has 12 nitrogen and oxygen atoms in total. The number of carboxylic acid groups (broad SMARTS) is 1. The fourth-order valence-electron chi connectivity index (χ4n) is 2.47. The second kappa shape index (κ2) is 8.14. The molecule has 144 valence electrons. The van der Waals surface area contributed by atoms with Crippen molar-refractivity contribution < 1.29 is 54.9 Å². The minimum atomic E-state index is -2.94. The van der Waals surface area contributed by atoms with E-state index in [0.29, 0.717) is 0 Å². The average Bonchev–Trinajstić information content (AvgIpc) is 2.53. The number of carbonyl (C=O) groups excluding carboxylic acids is 2. The molecule has 1 fully saturated rings. The van der Waals surface area contributed by atoms with Crippen molar-refractivity contribution >= 4 is 17.7 Å². The van der Waals surface area contributed by atoms with Gasteiger partial charge in [0.1, 0.15) is 31.0 Å². The topological polar surface area (TPSA) is 214 Å². The molecule has 0 aromatic carbocycles. The molecule has 0 aromatic heterocycles. The number of ketones is 1. The van der Waals surface area contributed by atoms with Crippen LogP contribution in [-0.4, -0.2) is 102 Å². The van der Waals surface area contributed by atoms with Crippen LogP contribution in [0.3, 0.4) is 0 Å². The third kappa shape index (κ3) is 4.70. The van der Waals surface area contributed by atoms with Crippen molar-refractivity contribution in [3.63, 3.8) is 0 Å². The molecule has 12 heteroatoms. The summed E-state index contributed by atoms with van der Waals surface area (Å²) >= 11 is 0. The summed E-state index contributed by atoms with van der Waals surface area (Å²) < 4.78 is 4.85. The fourth-order valence-corrected chi connectivity index (χ4v) is 2.47. The predicted octanol–water partition coefficient (Wildman–Crippen LogP) is -4.94. The van der Waals surface area contributed by atoms with Crippen LogP contribution in [0.2, 0.25) is 0 Å². The Morgan fingerprint density at radius 3 is 2.28 bits per heavy atom. The quantitative estimate of drug-likeness (QED) is 0.213. The molecule has 1 heterocycles. The number of aliphatic carboxylic acids is 1. The van der Waals surface area contributed by atoms with Crippen molar-refractivity contribution in [2.75, 3.05) is 6.61 Å². The largest absolute Gasteiger partial charge is 0.477 e. The van der Waals surface area contributed by atoms with Crippen LogP contribution in [0.1, 0.15) is 13.3 Å². The van der Waals surface area contributed by atoms with E-state index >= 15 is 0 Å². The lowest BCUT2D eigenvalue weighted by molar-refractivity contribution is -0.296. The number of aliphatic hydroxyl groups is 6. The molecule has 25 heavy (non-hydrogen) atoms. The van der Waals surface area contributed by atoms with Crippen molar-refractivity contribution in [3.05, 3.63) is 0 Å². The predicted molar refractivity (Wildman–Crippen MR) is 75.8 cm³/mol. The molecular weight excluding hydrogens is 346 g/mol. The Hall–Kier alpha value is -1.67. The van der Waals surface area contributed by atoms with Gasteiger partial charge in [0, 0.05) is 13.3 Å². The van der Waals surface area contributed by atoms with Gasteiger partial charge in [0.05, 0.1) is 12.1 Å². The first kappa shape index (κ1) is 21.4. The molecule has 1 saturated heterocycles.